The van der Waals surface area contributed by atoms with Gasteiger partial charge in [-0.3, -0.25) is 0 Å². The Balaban J connectivity index is 2.04. The van der Waals surface area contributed by atoms with Gasteiger partial charge in [0.1, 0.15) is 12.4 Å². The minimum atomic E-state index is 0.224. The van der Waals surface area contributed by atoms with Crippen LogP contribution in [0.25, 0.3) is 0 Å². The smallest absolute Gasteiger partial charge is 0.119 e. The van der Waals surface area contributed by atoms with E-state index in [-0.39, 0.29) is 6.04 Å². The van der Waals surface area contributed by atoms with E-state index in [9.17, 15) is 0 Å². The Morgan fingerprint density at radius 1 is 1.05 bits per heavy atom. The summed E-state index contributed by atoms with van der Waals surface area (Å²) < 4.78 is 5.95. The van der Waals surface area contributed by atoms with E-state index in [0.29, 0.717) is 6.61 Å². The van der Waals surface area contributed by atoms with Crippen molar-refractivity contribution < 1.29 is 4.74 Å². The van der Waals surface area contributed by atoms with Gasteiger partial charge in [-0.2, -0.15) is 0 Å². The van der Waals surface area contributed by atoms with Gasteiger partial charge >= 0.3 is 0 Å². The minimum absolute atomic E-state index is 0.224. The third kappa shape index (κ3) is 4.61. The summed E-state index contributed by atoms with van der Waals surface area (Å²) in [5.41, 5.74) is 3.87. The molecule has 1 atom stereocenters. The van der Waals surface area contributed by atoms with Gasteiger partial charge in [0.05, 0.1) is 6.04 Å². The molecule has 112 valence electrons. The molecule has 1 N–H and O–H groups in total. The van der Waals surface area contributed by atoms with Crippen LogP contribution in [0.4, 0.5) is 0 Å². The molecule has 0 radical (unpaired) electrons. The van der Waals surface area contributed by atoms with Crippen molar-refractivity contribution in [2.75, 3.05) is 13.2 Å². The van der Waals surface area contributed by atoms with E-state index in [1.807, 2.05) is 12.1 Å². The summed E-state index contributed by atoms with van der Waals surface area (Å²) in [6.07, 6.45) is 1.08. The number of rotatable bonds is 7. The molecule has 21 heavy (non-hydrogen) atoms. The van der Waals surface area contributed by atoms with Crippen LogP contribution in [0.2, 0.25) is 0 Å². The van der Waals surface area contributed by atoms with Crippen molar-refractivity contribution in [3.8, 4) is 5.75 Å². The lowest BCUT2D eigenvalue weighted by molar-refractivity contribution is 0.268. The molecule has 0 bridgehead atoms. The Labute approximate surface area is 128 Å². The number of likely N-dealkylation sites (N-methyl/N-ethyl adjacent to an activating group) is 1. The van der Waals surface area contributed by atoms with Crippen LogP contribution < -0.4 is 10.1 Å². The van der Waals surface area contributed by atoms with Crippen LogP contribution >= 0.6 is 0 Å². The van der Waals surface area contributed by atoms with Crippen LogP contribution in [-0.2, 0) is 6.42 Å². The third-order valence-corrected chi connectivity index (χ3v) is 3.65. The summed E-state index contributed by atoms with van der Waals surface area (Å²) >= 11 is 0. The molecule has 0 saturated carbocycles. The Kier molecular flexibility index (Phi) is 5.82. The van der Waals surface area contributed by atoms with Crippen LogP contribution in [0, 0.1) is 6.92 Å². The van der Waals surface area contributed by atoms with E-state index in [1.54, 1.807) is 0 Å². The first-order chi connectivity index (χ1) is 10.2. The summed E-state index contributed by atoms with van der Waals surface area (Å²) in [7, 11) is 0. The molecule has 0 aliphatic carbocycles. The largest absolute Gasteiger partial charge is 0.492 e. The zero-order chi connectivity index (χ0) is 15.1. The van der Waals surface area contributed by atoms with Crippen LogP contribution in [0.5, 0.6) is 5.75 Å². The van der Waals surface area contributed by atoms with Gasteiger partial charge in [-0.05, 0) is 48.7 Å². The lowest BCUT2D eigenvalue weighted by Crippen LogP contribution is -2.26. The molecule has 2 aromatic rings. The van der Waals surface area contributed by atoms with Crippen LogP contribution in [0.3, 0.4) is 0 Å². The van der Waals surface area contributed by atoms with E-state index < -0.39 is 0 Å². The molecule has 2 heteroatoms. The van der Waals surface area contributed by atoms with Gasteiger partial charge < -0.3 is 10.1 Å². The lowest BCUT2D eigenvalue weighted by atomic mass is 10.0. The molecule has 0 aliphatic heterocycles. The fraction of sp³-hybridized carbons (Fsp3) is 0.368. The van der Waals surface area contributed by atoms with E-state index in [0.717, 1.165) is 18.7 Å². The molecule has 2 rings (SSSR count). The molecule has 0 aliphatic rings. The number of hydrogen-bond acceptors (Lipinski definition) is 2. The van der Waals surface area contributed by atoms with Gasteiger partial charge in [0.2, 0.25) is 0 Å². The molecule has 0 amide bonds. The second-order valence-electron chi connectivity index (χ2n) is 5.33. The van der Waals surface area contributed by atoms with E-state index in [2.05, 4.69) is 62.5 Å². The van der Waals surface area contributed by atoms with Crippen molar-refractivity contribution in [1.29, 1.82) is 0 Å². The summed E-state index contributed by atoms with van der Waals surface area (Å²) in [6, 6.07) is 17.2. The first kappa shape index (κ1) is 15.6. The Hall–Kier alpha value is -1.80. The molecular formula is C19H25NO. The molecule has 2 nitrogen and oxygen atoms in total. The molecule has 0 heterocycles. The zero-order valence-electron chi connectivity index (χ0n) is 13.2. The molecule has 2 aromatic carbocycles. The van der Waals surface area contributed by atoms with Crippen molar-refractivity contribution in [2.45, 2.75) is 33.2 Å². The van der Waals surface area contributed by atoms with Crippen LogP contribution in [0.1, 0.15) is 36.6 Å². The molecular weight excluding hydrogens is 258 g/mol. The molecule has 0 fully saturated rings. The number of hydrogen-bond donors (Lipinski definition) is 1. The number of nitrogens with one attached hydrogen (secondary N) is 1. The molecule has 0 aromatic heterocycles. The Morgan fingerprint density at radius 2 is 1.81 bits per heavy atom. The first-order valence-electron chi connectivity index (χ1n) is 7.74. The summed E-state index contributed by atoms with van der Waals surface area (Å²) in [4.78, 5) is 0. The Bertz CT molecular complexity index is 548. The van der Waals surface area contributed by atoms with Crippen molar-refractivity contribution in [3.63, 3.8) is 0 Å². The van der Waals surface area contributed by atoms with Gasteiger partial charge in [0.25, 0.3) is 0 Å². The molecule has 0 spiro atoms. The third-order valence-electron chi connectivity index (χ3n) is 3.65. The number of aryl methyl sites for hydroxylation is 2. The van der Waals surface area contributed by atoms with Gasteiger partial charge in [0.15, 0.2) is 0 Å². The van der Waals surface area contributed by atoms with E-state index in [1.165, 1.54) is 16.7 Å². The normalized spacial score (nSPS) is 12.1. The maximum atomic E-state index is 5.95. The first-order valence-corrected chi connectivity index (χ1v) is 7.74. The average molecular weight is 283 g/mol. The fourth-order valence-electron chi connectivity index (χ4n) is 2.39. The van der Waals surface area contributed by atoms with Crippen LogP contribution in [0.15, 0.2) is 48.5 Å². The van der Waals surface area contributed by atoms with Crippen molar-refractivity contribution >= 4 is 0 Å². The zero-order valence-corrected chi connectivity index (χ0v) is 13.2. The monoisotopic (exact) mass is 283 g/mol. The van der Waals surface area contributed by atoms with Gasteiger partial charge in [0, 0.05) is 0 Å². The van der Waals surface area contributed by atoms with Crippen LogP contribution in [-0.4, -0.2) is 13.2 Å². The number of ether oxygens (including phenoxy) is 1. The van der Waals surface area contributed by atoms with Gasteiger partial charge in [-0.25, -0.2) is 0 Å². The summed E-state index contributed by atoms with van der Waals surface area (Å²) in [5, 5.41) is 3.50. The van der Waals surface area contributed by atoms with Crippen molar-refractivity contribution in [2.24, 2.45) is 0 Å². The average Bonchev–Trinajstić information content (AvgIpc) is 2.52. The second-order valence-corrected chi connectivity index (χ2v) is 5.33. The Morgan fingerprint density at radius 3 is 2.43 bits per heavy atom. The highest BCUT2D eigenvalue weighted by atomic mass is 16.5. The molecule has 1 unspecified atom stereocenters. The van der Waals surface area contributed by atoms with Gasteiger partial charge in [-0.15, -0.1) is 0 Å². The van der Waals surface area contributed by atoms with Crippen molar-refractivity contribution in [3.05, 3.63) is 65.2 Å². The lowest BCUT2D eigenvalue weighted by Gasteiger charge is -2.19. The predicted molar refractivity (Wildman–Crippen MR) is 88.9 cm³/mol. The highest BCUT2D eigenvalue weighted by Gasteiger charge is 2.11. The van der Waals surface area contributed by atoms with Gasteiger partial charge in [-0.1, -0.05) is 50.2 Å². The highest BCUT2D eigenvalue weighted by Crippen LogP contribution is 2.18. The highest BCUT2D eigenvalue weighted by molar-refractivity contribution is 5.28. The summed E-state index contributed by atoms with van der Waals surface area (Å²) in [6.45, 7) is 7.95. The summed E-state index contributed by atoms with van der Waals surface area (Å²) in [5.74, 6) is 0.933. The van der Waals surface area contributed by atoms with E-state index >= 15 is 0 Å². The topological polar surface area (TPSA) is 21.3 Å². The molecule has 0 saturated heterocycles. The number of benzene rings is 2. The minimum Gasteiger partial charge on any atom is -0.492 e. The quantitative estimate of drug-likeness (QED) is 0.818. The second kappa shape index (κ2) is 7.84. The van der Waals surface area contributed by atoms with Crippen molar-refractivity contribution in [1.82, 2.24) is 5.32 Å². The predicted octanol–water partition coefficient (Wildman–Crippen LogP) is 4.29. The maximum Gasteiger partial charge on any atom is 0.119 e. The maximum absolute atomic E-state index is 5.95. The SMILES string of the molecule is CCNC(COc1cccc(C)c1)c1ccc(CC)cc1. The van der Waals surface area contributed by atoms with E-state index in [4.69, 9.17) is 4.74 Å². The fourth-order valence-corrected chi connectivity index (χ4v) is 2.39. The standard InChI is InChI=1S/C19H25NO/c1-4-16-9-11-17(12-10-16)19(20-5-2)14-21-18-8-6-7-15(3)13-18/h6-13,19-20H,4-5,14H2,1-3H3.